The van der Waals surface area contributed by atoms with Gasteiger partial charge in [-0.3, -0.25) is 0 Å². The number of aliphatic hydroxyl groups is 1. The predicted molar refractivity (Wildman–Crippen MR) is 80.1 cm³/mol. The maximum Gasteiger partial charge on any atom is 0.0782 e. The van der Waals surface area contributed by atoms with E-state index in [9.17, 15) is 5.11 Å². The van der Waals surface area contributed by atoms with E-state index in [-0.39, 0.29) is 0 Å². The summed E-state index contributed by atoms with van der Waals surface area (Å²) in [5.41, 5.74) is 2.24. The summed E-state index contributed by atoms with van der Waals surface area (Å²) < 4.78 is 1.09. The Morgan fingerprint density at radius 3 is 2.33 bits per heavy atom. The van der Waals surface area contributed by atoms with Crippen LogP contribution in [0.15, 0.2) is 22.7 Å². The molecule has 2 rings (SSSR count). The SMILES string of the molecule is CC(O)c1ccc(Br)cc1N1CCCCCCC1. The van der Waals surface area contributed by atoms with Crippen molar-refractivity contribution in [2.45, 2.75) is 45.1 Å². The summed E-state index contributed by atoms with van der Waals surface area (Å²) in [4.78, 5) is 2.44. The molecule has 1 aliphatic heterocycles. The van der Waals surface area contributed by atoms with Crippen molar-refractivity contribution in [3.05, 3.63) is 28.2 Å². The maximum atomic E-state index is 9.91. The number of hydrogen-bond acceptors (Lipinski definition) is 2. The van der Waals surface area contributed by atoms with Gasteiger partial charge in [0.25, 0.3) is 0 Å². The number of aliphatic hydroxyl groups excluding tert-OH is 1. The summed E-state index contributed by atoms with van der Waals surface area (Å²) in [7, 11) is 0. The lowest BCUT2D eigenvalue weighted by atomic mass is 10.0. The van der Waals surface area contributed by atoms with Crippen LogP contribution in [0.1, 0.15) is 50.7 Å². The highest BCUT2D eigenvalue weighted by Crippen LogP contribution is 2.31. The third-order valence-electron chi connectivity index (χ3n) is 3.64. The minimum atomic E-state index is -0.404. The average molecular weight is 312 g/mol. The second-order valence-electron chi connectivity index (χ2n) is 5.13. The van der Waals surface area contributed by atoms with E-state index < -0.39 is 6.10 Å². The zero-order chi connectivity index (χ0) is 13.0. The van der Waals surface area contributed by atoms with Gasteiger partial charge in [0.15, 0.2) is 0 Å². The van der Waals surface area contributed by atoms with Crippen molar-refractivity contribution in [3.8, 4) is 0 Å². The van der Waals surface area contributed by atoms with Gasteiger partial charge < -0.3 is 10.0 Å². The van der Waals surface area contributed by atoms with E-state index in [1.807, 2.05) is 19.1 Å². The van der Waals surface area contributed by atoms with Crippen LogP contribution in [0.5, 0.6) is 0 Å². The lowest BCUT2D eigenvalue weighted by molar-refractivity contribution is 0.199. The van der Waals surface area contributed by atoms with Gasteiger partial charge in [-0.15, -0.1) is 0 Å². The van der Waals surface area contributed by atoms with Crippen LogP contribution >= 0.6 is 15.9 Å². The van der Waals surface area contributed by atoms with Gasteiger partial charge in [0, 0.05) is 28.8 Å². The van der Waals surface area contributed by atoms with Gasteiger partial charge in [-0.25, -0.2) is 0 Å². The van der Waals surface area contributed by atoms with Gasteiger partial charge in [0.2, 0.25) is 0 Å². The van der Waals surface area contributed by atoms with Crippen LogP contribution in [0.3, 0.4) is 0 Å². The van der Waals surface area contributed by atoms with E-state index in [1.165, 1.54) is 37.8 Å². The second kappa shape index (κ2) is 6.58. The van der Waals surface area contributed by atoms with Crippen molar-refractivity contribution < 1.29 is 5.11 Å². The molecule has 1 atom stereocenters. The first-order chi connectivity index (χ1) is 8.68. The summed E-state index contributed by atoms with van der Waals surface area (Å²) >= 11 is 3.54. The van der Waals surface area contributed by atoms with Gasteiger partial charge in [0.05, 0.1) is 6.10 Å². The van der Waals surface area contributed by atoms with Gasteiger partial charge in [0.1, 0.15) is 0 Å². The van der Waals surface area contributed by atoms with Gasteiger partial charge in [-0.2, -0.15) is 0 Å². The number of halogens is 1. The fourth-order valence-corrected chi connectivity index (χ4v) is 2.98. The molecule has 0 radical (unpaired) electrons. The minimum absolute atomic E-state index is 0.404. The summed E-state index contributed by atoms with van der Waals surface area (Å²) in [6.07, 6.45) is 6.13. The van der Waals surface area contributed by atoms with Crippen molar-refractivity contribution in [1.29, 1.82) is 0 Å². The molecule has 1 fully saturated rings. The quantitative estimate of drug-likeness (QED) is 0.881. The molecule has 0 aliphatic carbocycles. The Balaban J connectivity index is 2.25. The molecule has 0 bridgehead atoms. The Kier molecular flexibility index (Phi) is 5.07. The molecular weight excluding hydrogens is 290 g/mol. The highest BCUT2D eigenvalue weighted by atomic mass is 79.9. The average Bonchev–Trinajstić information content (AvgIpc) is 2.27. The Hall–Kier alpha value is -0.540. The standard InChI is InChI=1S/C15H22BrNO/c1-12(18)14-8-7-13(16)11-15(14)17-9-5-3-2-4-6-10-17/h7-8,11-12,18H,2-6,9-10H2,1H3. The Labute approximate surface area is 118 Å². The molecule has 18 heavy (non-hydrogen) atoms. The third kappa shape index (κ3) is 3.48. The number of rotatable bonds is 2. The molecule has 2 nitrogen and oxygen atoms in total. The van der Waals surface area contributed by atoms with Crippen LogP contribution in [0.25, 0.3) is 0 Å². The predicted octanol–water partition coefficient (Wildman–Crippen LogP) is 4.27. The summed E-state index contributed by atoms with van der Waals surface area (Å²) in [5.74, 6) is 0. The minimum Gasteiger partial charge on any atom is -0.389 e. The zero-order valence-electron chi connectivity index (χ0n) is 11.0. The number of nitrogens with zero attached hydrogens (tertiary/aromatic N) is 1. The molecule has 1 aliphatic rings. The first-order valence-electron chi connectivity index (χ1n) is 6.91. The van der Waals surface area contributed by atoms with Gasteiger partial charge in [-0.1, -0.05) is 41.3 Å². The number of hydrogen-bond donors (Lipinski definition) is 1. The van der Waals surface area contributed by atoms with Crippen LogP contribution in [0.2, 0.25) is 0 Å². The monoisotopic (exact) mass is 311 g/mol. The van der Waals surface area contributed by atoms with E-state index >= 15 is 0 Å². The first kappa shape index (κ1) is 13.9. The topological polar surface area (TPSA) is 23.5 Å². The fraction of sp³-hybridized carbons (Fsp3) is 0.600. The fourth-order valence-electron chi connectivity index (χ4n) is 2.63. The largest absolute Gasteiger partial charge is 0.389 e. The lowest BCUT2D eigenvalue weighted by Crippen LogP contribution is -2.28. The molecule has 0 aromatic heterocycles. The molecule has 0 saturated carbocycles. The van der Waals surface area contributed by atoms with Crippen LogP contribution in [0, 0.1) is 0 Å². The second-order valence-corrected chi connectivity index (χ2v) is 6.05. The van der Waals surface area contributed by atoms with Crippen LogP contribution < -0.4 is 4.90 Å². The third-order valence-corrected chi connectivity index (χ3v) is 4.13. The first-order valence-corrected chi connectivity index (χ1v) is 7.70. The zero-order valence-corrected chi connectivity index (χ0v) is 12.6. The molecule has 3 heteroatoms. The maximum absolute atomic E-state index is 9.91. The van der Waals surface area contributed by atoms with Gasteiger partial charge in [-0.05, 0) is 31.9 Å². The van der Waals surface area contributed by atoms with Gasteiger partial charge >= 0.3 is 0 Å². The smallest absolute Gasteiger partial charge is 0.0782 e. The molecule has 1 heterocycles. The number of anilines is 1. The summed E-state index contributed by atoms with van der Waals surface area (Å²) in [6.45, 7) is 4.06. The van der Waals surface area contributed by atoms with E-state index in [1.54, 1.807) is 0 Å². The molecule has 0 amide bonds. The highest BCUT2D eigenvalue weighted by molar-refractivity contribution is 9.10. The van der Waals surface area contributed by atoms with E-state index in [0.29, 0.717) is 0 Å². The Morgan fingerprint density at radius 2 is 1.72 bits per heavy atom. The van der Waals surface area contributed by atoms with E-state index in [4.69, 9.17) is 0 Å². The molecule has 1 N–H and O–H groups in total. The summed E-state index contributed by atoms with van der Waals surface area (Å²) in [6, 6.07) is 6.18. The van der Waals surface area contributed by atoms with E-state index in [2.05, 4.69) is 26.9 Å². The normalized spacial score (nSPS) is 19.2. The Bertz CT molecular complexity index is 384. The molecule has 1 aromatic rings. The van der Waals surface area contributed by atoms with Crippen LogP contribution in [-0.2, 0) is 0 Å². The molecular formula is C15H22BrNO. The van der Waals surface area contributed by atoms with Crippen molar-refractivity contribution in [2.75, 3.05) is 18.0 Å². The van der Waals surface area contributed by atoms with Crippen LogP contribution in [-0.4, -0.2) is 18.2 Å². The number of benzene rings is 1. The van der Waals surface area contributed by atoms with Crippen molar-refractivity contribution >= 4 is 21.6 Å². The molecule has 1 unspecified atom stereocenters. The molecule has 1 saturated heterocycles. The molecule has 1 aromatic carbocycles. The Morgan fingerprint density at radius 1 is 1.11 bits per heavy atom. The van der Waals surface area contributed by atoms with Crippen molar-refractivity contribution in [2.24, 2.45) is 0 Å². The molecule has 100 valence electrons. The van der Waals surface area contributed by atoms with E-state index in [0.717, 1.165) is 23.1 Å². The van der Waals surface area contributed by atoms with Crippen molar-refractivity contribution in [1.82, 2.24) is 0 Å². The molecule has 0 spiro atoms. The summed E-state index contributed by atoms with van der Waals surface area (Å²) in [5, 5.41) is 9.91. The van der Waals surface area contributed by atoms with Crippen LogP contribution in [0.4, 0.5) is 5.69 Å². The highest BCUT2D eigenvalue weighted by Gasteiger charge is 2.15. The lowest BCUT2D eigenvalue weighted by Gasteiger charge is -2.29. The van der Waals surface area contributed by atoms with Crippen molar-refractivity contribution in [3.63, 3.8) is 0 Å².